The van der Waals surface area contributed by atoms with Gasteiger partial charge in [-0.1, -0.05) is 29.8 Å². The third-order valence-electron chi connectivity index (χ3n) is 3.95. The zero-order chi connectivity index (χ0) is 18.4. The van der Waals surface area contributed by atoms with Crippen LogP contribution in [0.3, 0.4) is 0 Å². The topological polar surface area (TPSA) is 30.0 Å². The zero-order valence-corrected chi connectivity index (χ0v) is 16.6. The summed E-state index contributed by atoms with van der Waals surface area (Å²) >= 11 is 6.21. The molecule has 0 atom stereocenters. The van der Waals surface area contributed by atoms with Crippen LogP contribution in [0.2, 0.25) is 5.15 Å². The summed E-state index contributed by atoms with van der Waals surface area (Å²) < 4.78 is 0. The standard InChI is InChI=1S/C18H13ClNO.C5H5.Fe/c1-12-5-4-8-14-11-15(18(19)20-17(12)14)9-10-16(21)13-6-2-3-7-13;1-2-4-5-3-1;/h2-11H,1H3;1-5H;/q;;+2/b10-9+;;. The Morgan fingerprint density at radius 2 is 1.63 bits per heavy atom. The van der Waals surface area contributed by atoms with Crippen molar-refractivity contribution in [1.82, 2.24) is 4.98 Å². The molecule has 0 amide bonds. The molecule has 2 aliphatic rings. The summed E-state index contributed by atoms with van der Waals surface area (Å²) in [5.74, 6) is 0.632. The van der Waals surface area contributed by atoms with E-state index in [0.717, 1.165) is 22.0 Å². The van der Waals surface area contributed by atoms with E-state index in [2.05, 4.69) is 4.98 Å². The molecular weight excluding hydrogens is 398 g/mol. The molecule has 0 unspecified atom stereocenters. The number of allylic oxidation sites excluding steroid dienone is 1. The summed E-state index contributed by atoms with van der Waals surface area (Å²) in [5.41, 5.74) is 2.72. The molecule has 2 aliphatic carbocycles. The number of halogens is 1. The number of aromatic nitrogens is 1. The predicted octanol–water partition coefficient (Wildman–Crippen LogP) is 5.20. The van der Waals surface area contributed by atoms with E-state index in [1.54, 1.807) is 18.9 Å². The summed E-state index contributed by atoms with van der Waals surface area (Å²) in [6, 6.07) is 7.92. The normalized spacial score (nSPS) is 17.0. The maximum Gasteiger partial charge on any atom is 2.00 e. The first-order chi connectivity index (χ1) is 12.6. The second-order valence-electron chi connectivity index (χ2n) is 5.85. The molecule has 2 aromatic rings. The minimum atomic E-state index is -0.0413. The molecule has 2 nitrogen and oxygen atoms in total. The Kier molecular flexibility index (Phi) is 9.02. The van der Waals surface area contributed by atoms with Crippen molar-refractivity contribution in [2.75, 3.05) is 0 Å². The van der Waals surface area contributed by atoms with Crippen LogP contribution in [0.4, 0.5) is 0 Å². The van der Waals surface area contributed by atoms with Gasteiger partial charge in [-0.25, -0.2) is 4.98 Å². The minimum Gasteiger partial charge on any atom is -0.294 e. The first kappa shape index (κ1) is 22.1. The van der Waals surface area contributed by atoms with Crippen molar-refractivity contribution in [2.24, 2.45) is 0 Å². The molecule has 0 bridgehead atoms. The van der Waals surface area contributed by atoms with Crippen LogP contribution in [0.1, 0.15) is 11.1 Å². The van der Waals surface area contributed by atoms with E-state index in [0.29, 0.717) is 11.1 Å². The number of rotatable bonds is 3. The van der Waals surface area contributed by atoms with Gasteiger partial charge < -0.3 is 0 Å². The fourth-order valence-electron chi connectivity index (χ4n) is 2.58. The van der Waals surface area contributed by atoms with Crippen LogP contribution in [0, 0.1) is 70.6 Å². The number of aryl methyl sites for hydroxylation is 1. The number of para-hydroxylation sites is 1. The van der Waals surface area contributed by atoms with Crippen molar-refractivity contribution in [1.29, 1.82) is 0 Å². The van der Waals surface area contributed by atoms with E-state index in [1.165, 1.54) is 6.08 Å². The number of nitrogens with zero attached hydrogens (tertiary/aromatic N) is 1. The number of benzene rings is 1. The van der Waals surface area contributed by atoms with Crippen molar-refractivity contribution in [3.63, 3.8) is 0 Å². The second kappa shape index (κ2) is 11.0. The molecule has 27 heavy (non-hydrogen) atoms. The maximum absolute atomic E-state index is 12.0. The van der Waals surface area contributed by atoms with Crippen molar-refractivity contribution in [2.45, 2.75) is 6.92 Å². The first-order valence-electron chi connectivity index (χ1n) is 8.32. The number of carbonyl (C=O) groups excluding carboxylic acids is 1. The second-order valence-corrected chi connectivity index (χ2v) is 6.21. The van der Waals surface area contributed by atoms with Crippen molar-refractivity contribution in [3.8, 4) is 0 Å². The van der Waals surface area contributed by atoms with Crippen LogP contribution < -0.4 is 0 Å². The van der Waals surface area contributed by atoms with Crippen molar-refractivity contribution >= 4 is 34.4 Å². The number of pyridine rings is 1. The maximum atomic E-state index is 12.0. The molecule has 1 aromatic heterocycles. The molecule has 4 heteroatoms. The molecule has 0 aliphatic heterocycles. The van der Waals surface area contributed by atoms with Gasteiger partial charge in [0.1, 0.15) is 5.15 Å². The minimum absolute atomic E-state index is 0. The van der Waals surface area contributed by atoms with Crippen LogP contribution in [0.25, 0.3) is 17.0 Å². The average Bonchev–Trinajstić information content (AvgIpc) is 3.36. The first-order valence-corrected chi connectivity index (χ1v) is 8.69. The Hall–Kier alpha value is -1.15. The van der Waals surface area contributed by atoms with Gasteiger partial charge in [0, 0.05) is 10.9 Å². The number of fused-ring (bicyclic) bond motifs is 1. The quantitative estimate of drug-likeness (QED) is 0.392. The summed E-state index contributed by atoms with van der Waals surface area (Å²) in [4.78, 5) is 16.4. The van der Waals surface area contributed by atoms with Gasteiger partial charge in [-0.2, -0.15) is 0 Å². The van der Waals surface area contributed by atoms with Gasteiger partial charge in [-0.15, -0.1) is 0 Å². The Morgan fingerprint density at radius 3 is 2.26 bits per heavy atom. The van der Waals surface area contributed by atoms with Gasteiger partial charge in [-0.3, -0.25) is 4.79 Å². The number of hydrogen-bond donors (Lipinski definition) is 0. The number of hydrogen-bond acceptors (Lipinski definition) is 2. The van der Waals surface area contributed by atoms with Gasteiger partial charge in [0.25, 0.3) is 0 Å². The molecular formula is C23H18ClFeNO+2. The van der Waals surface area contributed by atoms with Crippen LogP contribution >= 0.6 is 11.6 Å². The monoisotopic (exact) mass is 415 g/mol. The van der Waals surface area contributed by atoms with Crippen LogP contribution in [0.15, 0.2) is 30.3 Å². The molecule has 2 fully saturated rings. The molecule has 10 radical (unpaired) electrons. The molecule has 2 saturated carbocycles. The van der Waals surface area contributed by atoms with Crippen LogP contribution in [-0.4, -0.2) is 10.8 Å². The van der Waals surface area contributed by atoms with E-state index in [-0.39, 0.29) is 22.9 Å². The van der Waals surface area contributed by atoms with E-state index in [1.807, 2.05) is 76.1 Å². The fraction of sp³-hybridized carbons (Fsp3) is 0.0435. The van der Waals surface area contributed by atoms with Crippen LogP contribution in [-0.2, 0) is 21.9 Å². The number of ketones is 1. The Morgan fingerprint density at radius 1 is 1.00 bits per heavy atom. The summed E-state index contributed by atoms with van der Waals surface area (Å²) in [7, 11) is 0. The molecule has 0 spiro atoms. The zero-order valence-electron chi connectivity index (χ0n) is 14.7. The van der Waals surface area contributed by atoms with E-state index in [4.69, 9.17) is 11.6 Å². The molecule has 0 N–H and O–H groups in total. The van der Waals surface area contributed by atoms with E-state index >= 15 is 0 Å². The Labute approximate surface area is 178 Å². The molecule has 1 heterocycles. The third-order valence-corrected chi connectivity index (χ3v) is 4.25. The molecule has 4 rings (SSSR count). The Bertz CT molecular complexity index is 785. The van der Waals surface area contributed by atoms with Gasteiger partial charge in [0.05, 0.1) is 11.4 Å². The van der Waals surface area contributed by atoms with Gasteiger partial charge in [0.2, 0.25) is 0 Å². The third kappa shape index (κ3) is 6.17. The van der Waals surface area contributed by atoms with Crippen molar-refractivity contribution in [3.05, 3.63) is 110 Å². The fourth-order valence-corrected chi connectivity index (χ4v) is 2.78. The van der Waals surface area contributed by atoms with Gasteiger partial charge in [-0.05, 0) is 88.5 Å². The smallest absolute Gasteiger partial charge is 0.294 e. The summed E-state index contributed by atoms with van der Waals surface area (Å²) in [5, 5.41) is 1.42. The van der Waals surface area contributed by atoms with Gasteiger partial charge >= 0.3 is 17.1 Å². The number of carbonyl (C=O) groups is 1. The summed E-state index contributed by atoms with van der Waals surface area (Å²) in [6.07, 6.45) is 20.5. The SMILES string of the molecule is Cc1cccc2cc(/C=C/C(=O)[C]3[CH][CH][CH][CH]3)c(Cl)nc12.[CH]1[CH][CH][CH][CH]1.[Fe+2]. The largest absolute Gasteiger partial charge is 2.00 e. The molecule has 1 aromatic carbocycles. The predicted molar refractivity (Wildman–Crippen MR) is 107 cm³/mol. The van der Waals surface area contributed by atoms with Crippen molar-refractivity contribution < 1.29 is 21.9 Å². The van der Waals surface area contributed by atoms with E-state index in [9.17, 15) is 4.79 Å². The van der Waals surface area contributed by atoms with Crippen LogP contribution in [0.5, 0.6) is 0 Å². The molecule has 0 saturated heterocycles. The Balaban J connectivity index is 0.000000379. The van der Waals surface area contributed by atoms with Gasteiger partial charge in [0.15, 0.2) is 5.78 Å². The van der Waals surface area contributed by atoms with E-state index < -0.39 is 0 Å². The average molecular weight is 416 g/mol. The summed E-state index contributed by atoms with van der Waals surface area (Å²) in [6.45, 7) is 2.00. The molecule has 134 valence electrons.